The molecule has 0 spiro atoms. The van der Waals surface area contributed by atoms with Crippen molar-refractivity contribution < 1.29 is 19.0 Å². The van der Waals surface area contributed by atoms with E-state index >= 15 is 0 Å². The van der Waals surface area contributed by atoms with Crippen LogP contribution in [0.5, 0.6) is 11.5 Å². The standard InChI is InChI=1S/C35H29ClN2O5S/c1-4-42-34(40)30-21(2)37-35-38(32(30)31-26-11-7-5-9-23(26)15-18-28(31)41-3)33(39)29(44-35)19-22-13-16-25(17-14-22)43-20-24-10-6-8-12-27(24)36/h5-19,32H,4,20H2,1-3H3/b29-19+/t32-/m1/s1. The quantitative estimate of drug-likeness (QED) is 0.192. The number of aromatic nitrogens is 1. The van der Waals surface area contributed by atoms with Crippen LogP contribution in [0.2, 0.25) is 5.02 Å². The molecule has 1 aliphatic rings. The fourth-order valence-electron chi connectivity index (χ4n) is 5.39. The van der Waals surface area contributed by atoms with Crippen molar-refractivity contribution >= 4 is 45.8 Å². The van der Waals surface area contributed by atoms with E-state index in [0.29, 0.717) is 49.3 Å². The van der Waals surface area contributed by atoms with Crippen LogP contribution in [0.25, 0.3) is 16.8 Å². The van der Waals surface area contributed by atoms with Gasteiger partial charge in [-0.3, -0.25) is 9.36 Å². The lowest BCUT2D eigenvalue weighted by Crippen LogP contribution is -2.40. The van der Waals surface area contributed by atoms with Crippen LogP contribution >= 0.6 is 22.9 Å². The summed E-state index contributed by atoms with van der Waals surface area (Å²) >= 11 is 7.52. The molecule has 0 aliphatic carbocycles. The minimum atomic E-state index is -0.797. The number of halogens is 1. The van der Waals surface area contributed by atoms with E-state index in [1.807, 2.05) is 91.0 Å². The van der Waals surface area contributed by atoms with Crippen molar-refractivity contribution in [3.8, 4) is 11.5 Å². The number of carbonyl (C=O) groups is 1. The molecule has 1 aromatic heterocycles. The number of thiazole rings is 1. The van der Waals surface area contributed by atoms with E-state index < -0.39 is 12.0 Å². The first-order valence-electron chi connectivity index (χ1n) is 14.1. The van der Waals surface area contributed by atoms with Gasteiger partial charge in [-0.2, -0.15) is 0 Å². The van der Waals surface area contributed by atoms with Gasteiger partial charge in [0.1, 0.15) is 24.1 Å². The first kappa shape index (κ1) is 29.4. The lowest BCUT2D eigenvalue weighted by molar-refractivity contribution is -0.139. The molecule has 5 aromatic rings. The van der Waals surface area contributed by atoms with Crippen LogP contribution in [0.15, 0.2) is 106 Å². The van der Waals surface area contributed by atoms with E-state index in [9.17, 15) is 9.59 Å². The van der Waals surface area contributed by atoms with Gasteiger partial charge in [0, 0.05) is 16.1 Å². The Labute approximate surface area is 262 Å². The third-order valence-electron chi connectivity index (χ3n) is 7.47. The molecule has 1 aliphatic heterocycles. The van der Waals surface area contributed by atoms with Gasteiger partial charge in [-0.15, -0.1) is 0 Å². The van der Waals surface area contributed by atoms with Crippen LogP contribution in [-0.2, 0) is 16.1 Å². The molecular formula is C35H29ClN2O5S. The second-order valence-electron chi connectivity index (χ2n) is 10.2. The smallest absolute Gasteiger partial charge is 0.338 e. The van der Waals surface area contributed by atoms with E-state index in [2.05, 4.69) is 0 Å². The molecule has 6 rings (SSSR count). The van der Waals surface area contributed by atoms with Crippen molar-refractivity contribution in [2.75, 3.05) is 13.7 Å². The van der Waals surface area contributed by atoms with Crippen molar-refractivity contribution in [2.45, 2.75) is 26.5 Å². The predicted molar refractivity (Wildman–Crippen MR) is 173 cm³/mol. The SMILES string of the molecule is CCOC(=O)C1=C(C)N=c2s/c(=C/c3ccc(OCc4ccccc4Cl)cc3)c(=O)n2[C@H]1c1c(OC)ccc2ccccc12. The number of ether oxygens (including phenoxy) is 3. The average Bonchev–Trinajstić information content (AvgIpc) is 3.34. The normalized spacial score (nSPS) is 14.7. The summed E-state index contributed by atoms with van der Waals surface area (Å²) in [7, 11) is 1.58. The zero-order valence-corrected chi connectivity index (χ0v) is 25.9. The summed E-state index contributed by atoms with van der Waals surface area (Å²) in [5, 5.41) is 2.48. The maximum Gasteiger partial charge on any atom is 0.338 e. The largest absolute Gasteiger partial charge is 0.496 e. The number of nitrogens with zero attached hydrogens (tertiary/aromatic N) is 2. The average molecular weight is 625 g/mol. The van der Waals surface area contributed by atoms with Gasteiger partial charge in [-0.25, -0.2) is 9.79 Å². The summed E-state index contributed by atoms with van der Waals surface area (Å²) in [4.78, 5) is 32.8. The van der Waals surface area contributed by atoms with Crippen LogP contribution in [-0.4, -0.2) is 24.3 Å². The minimum absolute atomic E-state index is 0.192. The van der Waals surface area contributed by atoms with Crippen LogP contribution in [0, 0.1) is 0 Å². The fraction of sp³-hybridized carbons (Fsp3) is 0.171. The molecule has 0 bridgehead atoms. The molecule has 1 atom stereocenters. The molecule has 0 saturated carbocycles. The molecule has 9 heteroatoms. The summed E-state index contributed by atoms with van der Waals surface area (Å²) < 4.78 is 19.3. The second-order valence-corrected chi connectivity index (χ2v) is 11.6. The minimum Gasteiger partial charge on any atom is -0.496 e. The number of carbonyl (C=O) groups excluding carboxylic acids is 1. The molecular weight excluding hydrogens is 596 g/mol. The predicted octanol–water partition coefficient (Wildman–Crippen LogP) is 6.19. The van der Waals surface area contributed by atoms with Gasteiger partial charge in [-0.05, 0) is 60.5 Å². The maximum absolute atomic E-state index is 14.2. The molecule has 222 valence electrons. The number of hydrogen-bond donors (Lipinski definition) is 0. The molecule has 0 fully saturated rings. The molecule has 2 heterocycles. The van der Waals surface area contributed by atoms with Gasteiger partial charge >= 0.3 is 5.97 Å². The molecule has 0 amide bonds. The first-order chi connectivity index (χ1) is 21.4. The third kappa shape index (κ3) is 5.54. The second kappa shape index (κ2) is 12.5. The van der Waals surface area contributed by atoms with E-state index in [0.717, 1.165) is 21.9 Å². The molecule has 7 nitrogen and oxygen atoms in total. The van der Waals surface area contributed by atoms with Crippen LogP contribution in [0.3, 0.4) is 0 Å². The number of benzene rings is 4. The monoisotopic (exact) mass is 624 g/mol. The van der Waals surface area contributed by atoms with Gasteiger partial charge in [0.25, 0.3) is 5.56 Å². The van der Waals surface area contributed by atoms with E-state index in [-0.39, 0.29) is 12.2 Å². The number of allylic oxidation sites excluding steroid dienone is 1. The summed E-state index contributed by atoms with van der Waals surface area (Å²) in [5.74, 6) is 0.726. The van der Waals surface area contributed by atoms with Gasteiger partial charge in [0.2, 0.25) is 0 Å². The number of hydrogen-bond acceptors (Lipinski definition) is 7. The Morgan fingerprint density at radius 3 is 2.52 bits per heavy atom. The number of rotatable bonds is 8. The van der Waals surface area contributed by atoms with Crippen molar-refractivity contribution in [1.82, 2.24) is 4.57 Å². The fourth-order valence-corrected chi connectivity index (χ4v) is 6.63. The highest BCUT2D eigenvalue weighted by molar-refractivity contribution is 7.07. The lowest BCUT2D eigenvalue weighted by atomic mass is 9.90. The molecule has 0 N–H and O–H groups in total. The van der Waals surface area contributed by atoms with E-state index in [1.54, 1.807) is 25.5 Å². The molecule has 44 heavy (non-hydrogen) atoms. The highest BCUT2D eigenvalue weighted by Gasteiger charge is 2.36. The van der Waals surface area contributed by atoms with Gasteiger partial charge < -0.3 is 14.2 Å². The number of fused-ring (bicyclic) bond motifs is 2. The van der Waals surface area contributed by atoms with E-state index in [4.69, 9.17) is 30.8 Å². The summed E-state index contributed by atoms with van der Waals surface area (Å²) in [6.07, 6.45) is 1.82. The van der Waals surface area contributed by atoms with Gasteiger partial charge in [-0.1, -0.05) is 83.6 Å². The highest BCUT2D eigenvalue weighted by atomic mass is 35.5. The number of esters is 1. The zero-order valence-electron chi connectivity index (χ0n) is 24.4. The third-order valence-corrected chi connectivity index (χ3v) is 8.82. The summed E-state index contributed by atoms with van der Waals surface area (Å²) in [5.41, 5.74) is 2.96. The van der Waals surface area contributed by atoms with Crippen molar-refractivity contribution in [3.63, 3.8) is 0 Å². The Morgan fingerprint density at radius 2 is 1.77 bits per heavy atom. The van der Waals surface area contributed by atoms with Crippen molar-refractivity contribution in [2.24, 2.45) is 4.99 Å². The Kier molecular flexibility index (Phi) is 8.37. The summed E-state index contributed by atoms with van der Waals surface area (Å²) in [6.45, 7) is 4.06. The molecule has 0 radical (unpaired) electrons. The molecule has 4 aromatic carbocycles. The van der Waals surface area contributed by atoms with Crippen molar-refractivity contribution in [1.29, 1.82) is 0 Å². The highest BCUT2D eigenvalue weighted by Crippen LogP contribution is 2.40. The summed E-state index contributed by atoms with van der Waals surface area (Å²) in [6, 6.07) is 25.9. The van der Waals surface area contributed by atoms with Gasteiger partial charge in [0.05, 0.1) is 29.5 Å². The maximum atomic E-state index is 14.2. The Balaban J connectivity index is 1.44. The topological polar surface area (TPSA) is 79.1 Å². The van der Waals surface area contributed by atoms with E-state index in [1.165, 1.54) is 11.3 Å². The lowest BCUT2D eigenvalue weighted by Gasteiger charge is -2.27. The Bertz CT molecular complexity index is 2100. The van der Waals surface area contributed by atoms with Crippen LogP contribution < -0.4 is 24.4 Å². The van der Waals surface area contributed by atoms with Gasteiger partial charge in [0.15, 0.2) is 4.80 Å². The van der Waals surface area contributed by atoms with Crippen molar-refractivity contribution in [3.05, 3.63) is 138 Å². The van der Waals surface area contributed by atoms with Crippen LogP contribution in [0.4, 0.5) is 0 Å². The number of methoxy groups -OCH3 is 1. The Morgan fingerprint density at radius 1 is 1.02 bits per heavy atom. The zero-order chi connectivity index (χ0) is 30.8. The first-order valence-corrected chi connectivity index (χ1v) is 15.3. The molecule has 0 saturated heterocycles. The molecule has 0 unspecified atom stereocenters. The van der Waals surface area contributed by atoms with Crippen LogP contribution in [0.1, 0.15) is 36.6 Å². The Hall–Kier alpha value is -4.66.